The Bertz CT molecular complexity index is 601. The number of fused-ring (bicyclic) bond motifs is 1. The molecule has 0 radical (unpaired) electrons. The summed E-state index contributed by atoms with van der Waals surface area (Å²) in [5.74, 6) is 0. The first-order valence-corrected chi connectivity index (χ1v) is 7.88. The van der Waals surface area contributed by atoms with Crippen LogP contribution in [0.3, 0.4) is 0 Å². The van der Waals surface area contributed by atoms with E-state index in [4.69, 9.17) is 0 Å². The fourth-order valence-corrected chi connectivity index (χ4v) is 2.96. The Hall–Kier alpha value is -1.80. The molecule has 0 aliphatic carbocycles. The summed E-state index contributed by atoms with van der Waals surface area (Å²) >= 11 is 0. The Morgan fingerprint density at radius 1 is 1.14 bits per heavy atom. The van der Waals surface area contributed by atoms with Crippen LogP contribution in [0.1, 0.15) is 41.6 Å². The fourth-order valence-electron chi connectivity index (χ4n) is 2.96. The highest BCUT2D eigenvalue weighted by Crippen LogP contribution is 2.26. The highest BCUT2D eigenvalue weighted by molar-refractivity contribution is 5.59. The zero-order valence-electron chi connectivity index (χ0n) is 12.9. The molecule has 2 N–H and O–H groups in total. The third-order valence-electron chi connectivity index (χ3n) is 4.34. The van der Waals surface area contributed by atoms with Gasteiger partial charge >= 0.3 is 0 Å². The lowest BCUT2D eigenvalue weighted by Crippen LogP contribution is -2.21. The van der Waals surface area contributed by atoms with Gasteiger partial charge in [0.1, 0.15) is 0 Å². The number of anilines is 1. The molecule has 1 heterocycles. The predicted molar refractivity (Wildman–Crippen MR) is 89.7 cm³/mol. The van der Waals surface area contributed by atoms with Crippen LogP contribution in [0.5, 0.6) is 0 Å². The second kappa shape index (κ2) is 6.31. The highest BCUT2D eigenvalue weighted by atomic mass is 14.9. The lowest BCUT2D eigenvalue weighted by atomic mass is 9.99. The van der Waals surface area contributed by atoms with Crippen molar-refractivity contribution in [1.29, 1.82) is 0 Å². The van der Waals surface area contributed by atoms with E-state index in [9.17, 15) is 0 Å². The summed E-state index contributed by atoms with van der Waals surface area (Å²) in [5.41, 5.74) is 6.85. The summed E-state index contributed by atoms with van der Waals surface area (Å²) in [4.78, 5) is 0. The minimum atomic E-state index is 0.366. The number of benzene rings is 2. The van der Waals surface area contributed by atoms with Gasteiger partial charge in [-0.25, -0.2) is 0 Å². The Morgan fingerprint density at radius 3 is 2.76 bits per heavy atom. The van der Waals surface area contributed by atoms with Crippen LogP contribution >= 0.6 is 0 Å². The summed E-state index contributed by atoms with van der Waals surface area (Å²) in [6, 6.07) is 15.8. The first-order valence-electron chi connectivity index (χ1n) is 7.88. The number of para-hydroxylation sites is 1. The topological polar surface area (TPSA) is 24.1 Å². The summed E-state index contributed by atoms with van der Waals surface area (Å²) in [6.07, 6.45) is 2.44. The summed E-state index contributed by atoms with van der Waals surface area (Å²) in [5, 5.41) is 7.21. The molecule has 0 amide bonds. The molecular formula is C19H24N2. The van der Waals surface area contributed by atoms with Crippen molar-refractivity contribution in [1.82, 2.24) is 5.32 Å². The van der Waals surface area contributed by atoms with Gasteiger partial charge in [0.2, 0.25) is 0 Å². The lowest BCUT2D eigenvalue weighted by molar-refractivity contribution is 0.574. The average Bonchev–Trinajstić information content (AvgIpc) is 2.53. The molecule has 0 aromatic heterocycles. The van der Waals surface area contributed by atoms with Gasteiger partial charge in [-0.2, -0.15) is 0 Å². The Kier molecular flexibility index (Phi) is 4.26. The second-order valence-electron chi connectivity index (χ2n) is 5.99. The van der Waals surface area contributed by atoms with Crippen LogP contribution in [-0.4, -0.2) is 6.54 Å². The maximum absolute atomic E-state index is 3.64. The van der Waals surface area contributed by atoms with Gasteiger partial charge in [-0.05, 0) is 43.4 Å². The van der Waals surface area contributed by atoms with E-state index in [1.807, 2.05) is 0 Å². The average molecular weight is 280 g/mol. The summed E-state index contributed by atoms with van der Waals surface area (Å²) < 4.78 is 0. The monoisotopic (exact) mass is 280 g/mol. The van der Waals surface area contributed by atoms with E-state index in [-0.39, 0.29) is 0 Å². The van der Waals surface area contributed by atoms with E-state index in [0.29, 0.717) is 6.04 Å². The smallest absolute Gasteiger partial charge is 0.0418 e. The van der Waals surface area contributed by atoms with Crippen LogP contribution in [0.25, 0.3) is 0 Å². The van der Waals surface area contributed by atoms with Gasteiger partial charge in [-0.1, -0.05) is 48.0 Å². The molecular weight excluding hydrogens is 256 g/mol. The molecule has 110 valence electrons. The molecule has 0 bridgehead atoms. The highest BCUT2D eigenvalue weighted by Gasteiger charge is 2.13. The van der Waals surface area contributed by atoms with E-state index < -0.39 is 0 Å². The maximum Gasteiger partial charge on any atom is 0.0418 e. The molecule has 2 heteroatoms. The van der Waals surface area contributed by atoms with Crippen molar-refractivity contribution in [2.75, 3.05) is 11.9 Å². The van der Waals surface area contributed by atoms with Gasteiger partial charge in [0.15, 0.2) is 0 Å². The Morgan fingerprint density at radius 2 is 1.95 bits per heavy atom. The number of aryl methyl sites for hydroxylation is 2. The van der Waals surface area contributed by atoms with Gasteiger partial charge in [-0.3, -0.25) is 0 Å². The van der Waals surface area contributed by atoms with E-state index in [1.54, 1.807) is 0 Å². The minimum Gasteiger partial charge on any atom is -0.385 e. The molecule has 0 spiro atoms. The third kappa shape index (κ3) is 3.27. The fraction of sp³-hybridized carbons (Fsp3) is 0.368. The van der Waals surface area contributed by atoms with Gasteiger partial charge < -0.3 is 10.6 Å². The summed E-state index contributed by atoms with van der Waals surface area (Å²) in [7, 11) is 0. The molecule has 0 fully saturated rings. The number of hydrogen-bond acceptors (Lipinski definition) is 2. The minimum absolute atomic E-state index is 0.366. The maximum atomic E-state index is 3.64. The van der Waals surface area contributed by atoms with Crippen molar-refractivity contribution in [2.24, 2.45) is 0 Å². The Labute approximate surface area is 127 Å². The van der Waals surface area contributed by atoms with Crippen molar-refractivity contribution in [3.63, 3.8) is 0 Å². The predicted octanol–water partition coefficient (Wildman–Crippen LogP) is 4.20. The molecule has 21 heavy (non-hydrogen) atoms. The molecule has 0 saturated heterocycles. The van der Waals surface area contributed by atoms with Crippen LogP contribution < -0.4 is 10.6 Å². The normalized spacial score (nSPS) is 15.1. The quantitative estimate of drug-likeness (QED) is 0.877. The molecule has 2 aromatic carbocycles. The van der Waals surface area contributed by atoms with E-state index in [2.05, 4.69) is 66.9 Å². The van der Waals surface area contributed by atoms with Crippen molar-refractivity contribution >= 4 is 5.69 Å². The van der Waals surface area contributed by atoms with Crippen LogP contribution in [0.4, 0.5) is 5.69 Å². The van der Waals surface area contributed by atoms with E-state index in [0.717, 1.165) is 13.1 Å². The third-order valence-corrected chi connectivity index (χ3v) is 4.34. The molecule has 1 aliphatic rings. The lowest BCUT2D eigenvalue weighted by Gasteiger charge is -2.22. The van der Waals surface area contributed by atoms with Crippen molar-refractivity contribution in [2.45, 2.75) is 39.3 Å². The van der Waals surface area contributed by atoms with Crippen LogP contribution in [0, 0.1) is 6.92 Å². The number of hydrogen-bond donors (Lipinski definition) is 2. The number of rotatable bonds is 4. The summed E-state index contributed by atoms with van der Waals surface area (Å²) in [6.45, 7) is 6.36. The largest absolute Gasteiger partial charge is 0.385 e. The second-order valence-corrected chi connectivity index (χ2v) is 5.99. The van der Waals surface area contributed by atoms with E-state index >= 15 is 0 Å². The molecule has 2 nitrogen and oxygen atoms in total. The molecule has 3 rings (SSSR count). The van der Waals surface area contributed by atoms with Crippen LogP contribution in [0.15, 0.2) is 42.5 Å². The zero-order valence-corrected chi connectivity index (χ0v) is 12.9. The van der Waals surface area contributed by atoms with Gasteiger partial charge in [0.25, 0.3) is 0 Å². The first kappa shape index (κ1) is 14.2. The van der Waals surface area contributed by atoms with E-state index in [1.165, 1.54) is 40.8 Å². The zero-order chi connectivity index (χ0) is 14.7. The van der Waals surface area contributed by atoms with Crippen LogP contribution in [0.2, 0.25) is 0 Å². The van der Waals surface area contributed by atoms with Crippen LogP contribution in [-0.2, 0) is 13.0 Å². The van der Waals surface area contributed by atoms with Gasteiger partial charge in [-0.15, -0.1) is 0 Å². The Balaban J connectivity index is 1.69. The van der Waals surface area contributed by atoms with Crippen molar-refractivity contribution in [3.8, 4) is 0 Å². The SMILES string of the molecule is Cc1ccc([C@@H](C)NCc2cccc3c2NCCC3)cc1. The first-order chi connectivity index (χ1) is 10.2. The van der Waals surface area contributed by atoms with Crippen molar-refractivity contribution in [3.05, 3.63) is 64.7 Å². The molecule has 1 aliphatic heterocycles. The number of nitrogens with one attached hydrogen (secondary N) is 2. The standard InChI is InChI=1S/C19H24N2/c1-14-8-10-16(11-9-14)15(2)21-13-18-6-3-5-17-7-4-12-20-19(17)18/h3,5-6,8-11,15,20-21H,4,7,12-13H2,1-2H3/t15-/m1/s1. The van der Waals surface area contributed by atoms with Crippen molar-refractivity contribution < 1.29 is 0 Å². The van der Waals surface area contributed by atoms with Gasteiger partial charge in [0.05, 0.1) is 0 Å². The molecule has 0 saturated carbocycles. The van der Waals surface area contributed by atoms with Gasteiger partial charge in [0, 0.05) is 24.8 Å². The molecule has 2 aromatic rings. The molecule has 0 unspecified atom stereocenters. The molecule has 1 atom stereocenters.